The minimum absolute atomic E-state index is 0.412. The number of guanidine groups is 1. The van der Waals surface area contributed by atoms with Gasteiger partial charge in [0.15, 0.2) is 5.96 Å². The van der Waals surface area contributed by atoms with Gasteiger partial charge in [0.25, 0.3) is 0 Å². The number of ether oxygens (including phenoxy) is 1. The molecule has 0 aromatic heterocycles. The van der Waals surface area contributed by atoms with Crippen molar-refractivity contribution in [1.29, 1.82) is 0 Å². The lowest BCUT2D eigenvalue weighted by molar-refractivity contribution is 0.0906. The van der Waals surface area contributed by atoms with Crippen molar-refractivity contribution in [1.82, 2.24) is 10.2 Å². The van der Waals surface area contributed by atoms with E-state index in [4.69, 9.17) is 4.74 Å². The lowest BCUT2D eigenvalue weighted by Gasteiger charge is -2.24. The van der Waals surface area contributed by atoms with E-state index in [9.17, 15) is 0 Å². The highest BCUT2D eigenvalue weighted by Crippen LogP contribution is 2.47. The minimum atomic E-state index is 0.412. The smallest absolute Gasteiger partial charge is 0.193 e. The normalized spacial score (nSPS) is 20.7. The fourth-order valence-electron chi connectivity index (χ4n) is 4.30. The van der Waals surface area contributed by atoms with Crippen molar-refractivity contribution >= 4 is 5.96 Å². The third kappa shape index (κ3) is 5.60. The molecule has 1 atom stereocenters. The van der Waals surface area contributed by atoms with Crippen molar-refractivity contribution in [2.45, 2.75) is 32.3 Å². The molecule has 2 aromatic carbocycles. The van der Waals surface area contributed by atoms with Gasteiger partial charge in [0.05, 0.1) is 13.2 Å². The summed E-state index contributed by atoms with van der Waals surface area (Å²) < 4.78 is 5.97. The average molecular weight is 392 g/mol. The molecule has 0 bridgehead atoms. The zero-order valence-corrected chi connectivity index (χ0v) is 17.5. The van der Waals surface area contributed by atoms with Crippen LogP contribution in [0.5, 0.6) is 0 Å². The Kier molecular flexibility index (Phi) is 6.50. The van der Waals surface area contributed by atoms with Crippen molar-refractivity contribution in [3.63, 3.8) is 0 Å². The largest absolute Gasteiger partial charge is 0.376 e. The Morgan fingerprint density at radius 1 is 1.07 bits per heavy atom. The summed E-state index contributed by atoms with van der Waals surface area (Å²) in [5.41, 5.74) is 3.10. The summed E-state index contributed by atoms with van der Waals surface area (Å²) in [6, 6.07) is 21.3. The van der Waals surface area contributed by atoms with Crippen molar-refractivity contribution in [2.24, 2.45) is 16.3 Å². The first-order valence-electron chi connectivity index (χ1n) is 10.9. The van der Waals surface area contributed by atoms with Gasteiger partial charge in [0, 0.05) is 32.6 Å². The highest BCUT2D eigenvalue weighted by molar-refractivity contribution is 5.80. The zero-order chi connectivity index (χ0) is 19.9. The molecule has 0 spiro atoms. The third-order valence-corrected chi connectivity index (χ3v) is 6.26. The van der Waals surface area contributed by atoms with Gasteiger partial charge in [-0.3, -0.25) is 4.99 Å². The van der Waals surface area contributed by atoms with Crippen molar-refractivity contribution < 1.29 is 4.74 Å². The molecule has 4 rings (SSSR count). The second kappa shape index (κ2) is 9.45. The topological polar surface area (TPSA) is 36.9 Å². The first-order chi connectivity index (χ1) is 14.3. The van der Waals surface area contributed by atoms with Crippen LogP contribution in [-0.4, -0.2) is 44.1 Å². The molecule has 0 amide bonds. The molecule has 1 heterocycles. The maximum Gasteiger partial charge on any atom is 0.193 e. The molecule has 29 heavy (non-hydrogen) atoms. The number of benzene rings is 2. The molecule has 154 valence electrons. The first kappa shape index (κ1) is 20.0. The SMILES string of the molecule is CN=C(NCC1(Cc2ccccc2)CC1)N1CCC(COCc2ccccc2)C1. The maximum atomic E-state index is 5.97. The summed E-state index contributed by atoms with van der Waals surface area (Å²) in [6.45, 7) is 4.62. The predicted octanol–water partition coefficient (Wildman–Crippen LogP) is 4.12. The molecule has 1 aliphatic carbocycles. The van der Waals surface area contributed by atoms with E-state index >= 15 is 0 Å². The van der Waals surface area contributed by atoms with E-state index < -0.39 is 0 Å². The van der Waals surface area contributed by atoms with Crippen LogP contribution in [0.4, 0.5) is 0 Å². The Labute approximate surface area is 175 Å². The molecule has 1 N–H and O–H groups in total. The van der Waals surface area contributed by atoms with Crippen LogP contribution in [0.3, 0.4) is 0 Å². The molecule has 1 saturated carbocycles. The van der Waals surface area contributed by atoms with Crippen LogP contribution in [0.2, 0.25) is 0 Å². The Morgan fingerprint density at radius 3 is 2.41 bits per heavy atom. The Bertz CT molecular complexity index is 786. The first-order valence-corrected chi connectivity index (χ1v) is 10.9. The summed E-state index contributed by atoms with van der Waals surface area (Å²) in [5, 5.41) is 3.67. The van der Waals surface area contributed by atoms with E-state index in [1.807, 2.05) is 13.1 Å². The molecule has 4 nitrogen and oxygen atoms in total. The van der Waals surface area contributed by atoms with Crippen LogP contribution in [0.1, 0.15) is 30.4 Å². The van der Waals surface area contributed by atoms with Gasteiger partial charge in [-0.05, 0) is 42.2 Å². The quantitative estimate of drug-likeness (QED) is 0.543. The van der Waals surface area contributed by atoms with Gasteiger partial charge in [-0.2, -0.15) is 0 Å². The molecule has 4 heteroatoms. The lowest BCUT2D eigenvalue weighted by Crippen LogP contribution is -2.43. The second-order valence-corrected chi connectivity index (χ2v) is 8.66. The highest BCUT2D eigenvalue weighted by Gasteiger charge is 2.42. The van der Waals surface area contributed by atoms with Gasteiger partial charge in [-0.1, -0.05) is 60.7 Å². The monoisotopic (exact) mass is 391 g/mol. The van der Waals surface area contributed by atoms with E-state index in [0.717, 1.165) is 38.6 Å². The molecule has 2 fully saturated rings. The van der Waals surface area contributed by atoms with Crippen LogP contribution < -0.4 is 5.32 Å². The predicted molar refractivity (Wildman–Crippen MR) is 119 cm³/mol. The molecule has 1 aliphatic heterocycles. The molecule has 2 aromatic rings. The third-order valence-electron chi connectivity index (χ3n) is 6.26. The number of aliphatic imine (C=N–C) groups is 1. The fourth-order valence-corrected chi connectivity index (χ4v) is 4.30. The number of hydrogen-bond acceptors (Lipinski definition) is 2. The van der Waals surface area contributed by atoms with E-state index in [2.05, 4.69) is 69.8 Å². The van der Waals surface area contributed by atoms with Crippen LogP contribution >= 0.6 is 0 Å². The van der Waals surface area contributed by atoms with E-state index in [0.29, 0.717) is 17.9 Å². The number of nitrogens with zero attached hydrogens (tertiary/aromatic N) is 2. The van der Waals surface area contributed by atoms with E-state index in [1.165, 1.54) is 30.4 Å². The fraction of sp³-hybridized carbons (Fsp3) is 0.480. The number of nitrogens with one attached hydrogen (secondary N) is 1. The van der Waals surface area contributed by atoms with Gasteiger partial charge < -0.3 is 15.0 Å². The zero-order valence-electron chi connectivity index (χ0n) is 17.5. The van der Waals surface area contributed by atoms with Crippen LogP contribution in [0.15, 0.2) is 65.7 Å². The van der Waals surface area contributed by atoms with E-state index in [-0.39, 0.29) is 0 Å². The summed E-state index contributed by atoms with van der Waals surface area (Å²) in [6.07, 6.45) is 4.95. The molecule has 2 aliphatic rings. The van der Waals surface area contributed by atoms with Crippen molar-refractivity contribution in [2.75, 3.05) is 33.3 Å². The Morgan fingerprint density at radius 2 is 1.76 bits per heavy atom. The van der Waals surface area contributed by atoms with Gasteiger partial charge in [-0.15, -0.1) is 0 Å². The molecule has 0 radical (unpaired) electrons. The average Bonchev–Trinajstić information content (AvgIpc) is 3.36. The van der Waals surface area contributed by atoms with Gasteiger partial charge >= 0.3 is 0 Å². The van der Waals surface area contributed by atoms with Crippen molar-refractivity contribution in [3.05, 3.63) is 71.8 Å². The van der Waals surface area contributed by atoms with E-state index in [1.54, 1.807) is 0 Å². The maximum absolute atomic E-state index is 5.97. The molecule has 1 unspecified atom stereocenters. The minimum Gasteiger partial charge on any atom is -0.376 e. The standard InChI is InChI=1S/C25H33N3O/c1-26-24(27-20-25(13-14-25)16-21-8-4-2-5-9-21)28-15-12-23(17-28)19-29-18-22-10-6-3-7-11-22/h2-11,23H,12-20H2,1H3,(H,26,27). The van der Waals surface area contributed by atoms with Crippen molar-refractivity contribution in [3.8, 4) is 0 Å². The number of likely N-dealkylation sites (tertiary alicyclic amines) is 1. The molecular weight excluding hydrogens is 358 g/mol. The van der Waals surface area contributed by atoms with Crippen LogP contribution in [0.25, 0.3) is 0 Å². The summed E-state index contributed by atoms with van der Waals surface area (Å²) in [7, 11) is 1.90. The second-order valence-electron chi connectivity index (χ2n) is 8.66. The summed E-state index contributed by atoms with van der Waals surface area (Å²) in [5.74, 6) is 1.63. The van der Waals surface area contributed by atoms with Gasteiger partial charge in [0.2, 0.25) is 0 Å². The van der Waals surface area contributed by atoms with Crippen LogP contribution in [0, 0.1) is 11.3 Å². The van der Waals surface area contributed by atoms with Gasteiger partial charge in [0.1, 0.15) is 0 Å². The molecule has 1 saturated heterocycles. The highest BCUT2D eigenvalue weighted by atomic mass is 16.5. The summed E-state index contributed by atoms with van der Waals surface area (Å²) >= 11 is 0. The number of hydrogen-bond donors (Lipinski definition) is 1. The Hall–Kier alpha value is -2.33. The van der Waals surface area contributed by atoms with Crippen LogP contribution in [-0.2, 0) is 17.8 Å². The molecular formula is C25H33N3O. The number of rotatable bonds is 8. The lowest BCUT2D eigenvalue weighted by atomic mass is 9.96. The summed E-state index contributed by atoms with van der Waals surface area (Å²) in [4.78, 5) is 6.96. The van der Waals surface area contributed by atoms with Gasteiger partial charge in [-0.25, -0.2) is 0 Å². The Balaban J connectivity index is 1.21.